The number of ether oxygens (including phenoxy) is 1. The second kappa shape index (κ2) is 4.48. The van der Waals surface area contributed by atoms with Crippen LogP contribution in [-0.4, -0.2) is 12.3 Å². The van der Waals surface area contributed by atoms with Crippen LogP contribution in [0, 0.1) is 0 Å². The van der Waals surface area contributed by atoms with E-state index in [9.17, 15) is 0 Å². The molecule has 0 atom stereocenters. The molecule has 0 amide bonds. The van der Waals surface area contributed by atoms with E-state index in [0.29, 0.717) is 16.5 Å². The standard InChI is InChI=1S/C14H11ClN2O2/c1-18-13-6-8-2-3-10(15)4-9(8)5-11(13)12-7-14(16)19-17-12/h2-7H,16H2,1H3. The zero-order valence-electron chi connectivity index (χ0n) is 10.2. The first-order valence-corrected chi connectivity index (χ1v) is 6.05. The van der Waals surface area contributed by atoms with Crippen LogP contribution in [0.4, 0.5) is 5.88 Å². The van der Waals surface area contributed by atoms with Crippen molar-refractivity contribution in [1.82, 2.24) is 5.16 Å². The van der Waals surface area contributed by atoms with E-state index < -0.39 is 0 Å². The first kappa shape index (κ1) is 11.9. The van der Waals surface area contributed by atoms with Crippen LogP contribution in [0.25, 0.3) is 22.0 Å². The molecule has 5 heteroatoms. The Hall–Kier alpha value is -2.20. The number of nitrogens with two attached hydrogens (primary N) is 1. The lowest BCUT2D eigenvalue weighted by molar-refractivity contribution is 0.414. The number of hydrogen-bond acceptors (Lipinski definition) is 4. The zero-order chi connectivity index (χ0) is 13.4. The topological polar surface area (TPSA) is 61.3 Å². The molecule has 2 aromatic carbocycles. The maximum atomic E-state index is 6.01. The molecule has 2 N–H and O–H groups in total. The average Bonchev–Trinajstić information content (AvgIpc) is 2.83. The molecule has 1 aromatic heterocycles. The summed E-state index contributed by atoms with van der Waals surface area (Å²) >= 11 is 6.01. The number of rotatable bonds is 2. The van der Waals surface area contributed by atoms with Gasteiger partial charge in [-0.3, -0.25) is 0 Å². The van der Waals surface area contributed by atoms with Crippen molar-refractivity contribution in [3.63, 3.8) is 0 Å². The lowest BCUT2D eigenvalue weighted by Gasteiger charge is -2.08. The molecule has 0 radical (unpaired) electrons. The van der Waals surface area contributed by atoms with Gasteiger partial charge in [-0.05, 0) is 35.0 Å². The SMILES string of the molecule is COc1cc2ccc(Cl)cc2cc1-c1cc(N)on1. The van der Waals surface area contributed by atoms with Gasteiger partial charge in [0, 0.05) is 16.7 Å². The van der Waals surface area contributed by atoms with Crippen LogP contribution < -0.4 is 10.5 Å². The third kappa shape index (κ3) is 2.11. The summed E-state index contributed by atoms with van der Waals surface area (Å²) in [4.78, 5) is 0. The summed E-state index contributed by atoms with van der Waals surface area (Å²) in [5.41, 5.74) is 7.01. The molecule has 96 valence electrons. The molecule has 3 rings (SSSR count). The normalized spacial score (nSPS) is 10.8. The highest BCUT2D eigenvalue weighted by molar-refractivity contribution is 6.31. The van der Waals surface area contributed by atoms with E-state index in [0.717, 1.165) is 16.3 Å². The quantitative estimate of drug-likeness (QED) is 0.773. The van der Waals surface area contributed by atoms with Crippen molar-refractivity contribution in [3.8, 4) is 17.0 Å². The van der Waals surface area contributed by atoms with Crippen LogP contribution in [0.2, 0.25) is 5.02 Å². The van der Waals surface area contributed by atoms with E-state index in [-0.39, 0.29) is 5.88 Å². The molecule has 0 aliphatic rings. The fraction of sp³-hybridized carbons (Fsp3) is 0.0714. The van der Waals surface area contributed by atoms with Crippen LogP contribution in [0.1, 0.15) is 0 Å². The highest BCUT2D eigenvalue weighted by Crippen LogP contribution is 2.35. The molecule has 19 heavy (non-hydrogen) atoms. The first-order valence-electron chi connectivity index (χ1n) is 5.67. The molecule has 0 aliphatic carbocycles. The monoisotopic (exact) mass is 274 g/mol. The van der Waals surface area contributed by atoms with Crippen LogP contribution in [0.5, 0.6) is 5.75 Å². The van der Waals surface area contributed by atoms with E-state index in [2.05, 4.69) is 5.16 Å². The molecule has 0 saturated heterocycles. The second-order valence-electron chi connectivity index (χ2n) is 4.16. The predicted octanol–water partition coefficient (Wildman–Crippen LogP) is 3.74. The van der Waals surface area contributed by atoms with Gasteiger partial charge in [0.25, 0.3) is 0 Å². The van der Waals surface area contributed by atoms with Crippen LogP contribution in [0.3, 0.4) is 0 Å². The average molecular weight is 275 g/mol. The molecular weight excluding hydrogens is 264 g/mol. The Morgan fingerprint density at radius 1 is 1.16 bits per heavy atom. The van der Waals surface area contributed by atoms with Gasteiger partial charge in [-0.1, -0.05) is 22.8 Å². The molecule has 0 spiro atoms. The number of anilines is 1. The maximum Gasteiger partial charge on any atom is 0.222 e. The zero-order valence-corrected chi connectivity index (χ0v) is 10.9. The molecule has 1 heterocycles. The molecule has 4 nitrogen and oxygen atoms in total. The number of nitrogen functional groups attached to an aromatic ring is 1. The van der Waals surface area contributed by atoms with Gasteiger partial charge in [-0.15, -0.1) is 0 Å². The predicted molar refractivity (Wildman–Crippen MR) is 75.4 cm³/mol. The molecule has 0 aliphatic heterocycles. The third-order valence-corrected chi connectivity index (χ3v) is 3.16. The van der Waals surface area contributed by atoms with Crippen LogP contribution >= 0.6 is 11.6 Å². The number of fused-ring (bicyclic) bond motifs is 1. The third-order valence-electron chi connectivity index (χ3n) is 2.92. The van der Waals surface area contributed by atoms with Crippen LogP contribution in [-0.2, 0) is 0 Å². The van der Waals surface area contributed by atoms with Gasteiger partial charge in [-0.2, -0.15) is 0 Å². The second-order valence-corrected chi connectivity index (χ2v) is 4.59. The Bertz CT molecular complexity index is 752. The van der Waals surface area contributed by atoms with Crippen molar-refractivity contribution in [2.75, 3.05) is 12.8 Å². The van der Waals surface area contributed by atoms with Crippen molar-refractivity contribution >= 4 is 28.3 Å². The maximum absolute atomic E-state index is 6.01. The van der Waals surface area contributed by atoms with Gasteiger partial charge < -0.3 is 15.0 Å². The lowest BCUT2D eigenvalue weighted by atomic mass is 10.0. The summed E-state index contributed by atoms with van der Waals surface area (Å²) < 4.78 is 10.3. The van der Waals surface area contributed by atoms with Gasteiger partial charge in [0.1, 0.15) is 11.4 Å². The summed E-state index contributed by atoms with van der Waals surface area (Å²) in [6.07, 6.45) is 0. The minimum Gasteiger partial charge on any atom is -0.496 e. The van der Waals surface area contributed by atoms with Gasteiger partial charge in [0.05, 0.1) is 7.11 Å². The fourth-order valence-electron chi connectivity index (χ4n) is 2.03. The first-order chi connectivity index (χ1) is 9.17. The Morgan fingerprint density at radius 3 is 2.68 bits per heavy atom. The Labute approximate surface area is 114 Å². The summed E-state index contributed by atoms with van der Waals surface area (Å²) in [5, 5.41) is 6.64. The Kier molecular flexibility index (Phi) is 2.80. The largest absolute Gasteiger partial charge is 0.496 e. The number of halogens is 1. The van der Waals surface area contributed by atoms with Crippen molar-refractivity contribution in [1.29, 1.82) is 0 Å². The van der Waals surface area contributed by atoms with Gasteiger partial charge in [0.2, 0.25) is 5.88 Å². The molecule has 0 fully saturated rings. The van der Waals surface area contributed by atoms with E-state index in [1.807, 2.05) is 30.3 Å². The molecule has 0 bridgehead atoms. The highest BCUT2D eigenvalue weighted by Gasteiger charge is 2.12. The van der Waals surface area contributed by atoms with E-state index >= 15 is 0 Å². The van der Waals surface area contributed by atoms with Gasteiger partial charge in [0.15, 0.2) is 0 Å². The molecule has 0 saturated carbocycles. The number of hydrogen-bond donors (Lipinski definition) is 1. The summed E-state index contributed by atoms with van der Waals surface area (Å²) in [5.74, 6) is 0.978. The van der Waals surface area contributed by atoms with E-state index in [1.54, 1.807) is 13.2 Å². The number of methoxy groups -OCH3 is 1. The fourth-order valence-corrected chi connectivity index (χ4v) is 2.21. The van der Waals surface area contributed by atoms with Gasteiger partial charge in [-0.25, -0.2) is 0 Å². The number of aromatic nitrogens is 1. The summed E-state index contributed by atoms with van der Waals surface area (Å²) in [7, 11) is 1.62. The Balaban J connectivity index is 2.27. The van der Waals surface area contributed by atoms with Crippen LogP contribution in [0.15, 0.2) is 40.9 Å². The van der Waals surface area contributed by atoms with E-state index in [1.165, 1.54) is 0 Å². The minimum absolute atomic E-state index is 0.267. The van der Waals surface area contributed by atoms with Crippen molar-refractivity contribution in [3.05, 3.63) is 41.4 Å². The Morgan fingerprint density at radius 2 is 2.00 bits per heavy atom. The van der Waals surface area contributed by atoms with Gasteiger partial charge >= 0.3 is 0 Å². The minimum atomic E-state index is 0.267. The van der Waals surface area contributed by atoms with E-state index in [4.69, 9.17) is 26.6 Å². The summed E-state index contributed by atoms with van der Waals surface area (Å²) in [6.45, 7) is 0. The summed E-state index contributed by atoms with van der Waals surface area (Å²) in [6, 6.07) is 11.2. The molecule has 0 unspecified atom stereocenters. The molecule has 3 aromatic rings. The van der Waals surface area contributed by atoms with Crippen molar-refractivity contribution < 1.29 is 9.26 Å². The smallest absolute Gasteiger partial charge is 0.222 e. The molecular formula is C14H11ClN2O2. The van der Waals surface area contributed by atoms with Crippen molar-refractivity contribution in [2.24, 2.45) is 0 Å². The lowest BCUT2D eigenvalue weighted by Crippen LogP contribution is -1.89. The number of nitrogens with zero attached hydrogens (tertiary/aromatic N) is 1. The number of benzene rings is 2. The van der Waals surface area contributed by atoms with Crippen molar-refractivity contribution in [2.45, 2.75) is 0 Å². The highest BCUT2D eigenvalue weighted by atomic mass is 35.5.